The van der Waals surface area contributed by atoms with Crippen molar-refractivity contribution < 1.29 is 0 Å². The highest BCUT2D eigenvalue weighted by Gasteiger charge is 2.28. The average molecular weight is 208 g/mol. The summed E-state index contributed by atoms with van der Waals surface area (Å²) in [6, 6.07) is 7.57. The van der Waals surface area contributed by atoms with Gasteiger partial charge in [0, 0.05) is 12.4 Å². The summed E-state index contributed by atoms with van der Waals surface area (Å²) in [4.78, 5) is 3.92. The van der Waals surface area contributed by atoms with Gasteiger partial charge in [0.1, 0.15) is 12.1 Å². The van der Waals surface area contributed by atoms with E-state index < -0.39 is 5.54 Å². The number of allylic oxidation sites excluding steroid dienone is 2. The van der Waals surface area contributed by atoms with Crippen LogP contribution >= 0.6 is 0 Å². The summed E-state index contributed by atoms with van der Waals surface area (Å²) >= 11 is 0. The van der Waals surface area contributed by atoms with E-state index >= 15 is 0 Å². The predicted octanol–water partition coefficient (Wildman–Crippen LogP) is 1.37. The van der Waals surface area contributed by atoms with Crippen LogP contribution in [0.15, 0.2) is 42.9 Å². The van der Waals surface area contributed by atoms with Crippen molar-refractivity contribution in [3.8, 4) is 12.1 Å². The van der Waals surface area contributed by atoms with Crippen molar-refractivity contribution in [3.63, 3.8) is 0 Å². The number of nitrogens with zero attached hydrogens (tertiary/aromatic N) is 3. The fourth-order valence-electron chi connectivity index (χ4n) is 1.46. The lowest BCUT2D eigenvalue weighted by atomic mass is 9.94. The van der Waals surface area contributed by atoms with Gasteiger partial charge >= 0.3 is 0 Å². The summed E-state index contributed by atoms with van der Waals surface area (Å²) in [7, 11) is 0. The average Bonchev–Trinajstić information content (AvgIpc) is 2.40. The van der Waals surface area contributed by atoms with Gasteiger partial charge in [0.15, 0.2) is 0 Å². The van der Waals surface area contributed by atoms with Crippen LogP contribution in [0.4, 0.5) is 0 Å². The fourth-order valence-corrected chi connectivity index (χ4v) is 1.46. The number of dihydropyridines is 1. The number of nitriles is 2. The molecule has 0 spiro atoms. The van der Waals surface area contributed by atoms with Crippen LogP contribution in [0.25, 0.3) is 5.57 Å². The monoisotopic (exact) mass is 208 g/mol. The Morgan fingerprint density at radius 1 is 1.19 bits per heavy atom. The van der Waals surface area contributed by atoms with Crippen molar-refractivity contribution in [1.29, 1.82) is 10.5 Å². The molecule has 0 fully saturated rings. The van der Waals surface area contributed by atoms with Crippen LogP contribution in [0.2, 0.25) is 0 Å². The Hall–Kier alpha value is -2.59. The molecule has 1 aromatic heterocycles. The molecule has 0 radical (unpaired) electrons. The van der Waals surface area contributed by atoms with Crippen LogP contribution in [0.3, 0.4) is 0 Å². The van der Waals surface area contributed by atoms with E-state index in [1.54, 1.807) is 24.7 Å². The number of hydrogen-bond donors (Lipinski definition) is 1. The molecule has 0 unspecified atom stereocenters. The molecule has 1 aromatic rings. The Labute approximate surface area is 93.2 Å². The third-order valence-electron chi connectivity index (χ3n) is 2.31. The van der Waals surface area contributed by atoms with Crippen molar-refractivity contribution in [3.05, 3.63) is 48.4 Å². The molecule has 76 valence electrons. The predicted molar refractivity (Wildman–Crippen MR) is 58.4 cm³/mol. The highest BCUT2D eigenvalue weighted by molar-refractivity contribution is 5.77. The van der Waals surface area contributed by atoms with Crippen molar-refractivity contribution in [2.75, 3.05) is 0 Å². The van der Waals surface area contributed by atoms with Gasteiger partial charge in [0.25, 0.3) is 0 Å². The molecule has 2 rings (SSSR count). The van der Waals surface area contributed by atoms with Gasteiger partial charge in [0.05, 0.1) is 0 Å². The Balaban J connectivity index is 2.45. The van der Waals surface area contributed by atoms with Gasteiger partial charge in [-0.2, -0.15) is 10.5 Å². The maximum Gasteiger partial charge on any atom is 0.231 e. The second-order valence-corrected chi connectivity index (χ2v) is 3.34. The molecule has 0 bridgehead atoms. The molecule has 1 aliphatic heterocycles. The first-order chi connectivity index (χ1) is 7.79. The van der Waals surface area contributed by atoms with Gasteiger partial charge in [-0.15, -0.1) is 0 Å². The number of rotatable bonds is 1. The minimum atomic E-state index is -1.27. The highest BCUT2D eigenvalue weighted by atomic mass is 14.9. The lowest BCUT2D eigenvalue weighted by Gasteiger charge is -2.20. The van der Waals surface area contributed by atoms with Gasteiger partial charge < -0.3 is 5.32 Å². The van der Waals surface area contributed by atoms with Crippen LogP contribution in [0.1, 0.15) is 5.56 Å². The van der Waals surface area contributed by atoms with Gasteiger partial charge in [-0.25, -0.2) is 0 Å². The van der Waals surface area contributed by atoms with Crippen LogP contribution in [0.5, 0.6) is 0 Å². The maximum atomic E-state index is 8.98. The van der Waals surface area contributed by atoms with E-state index in [0.717, 1.165) is 11.1 Å². The van der Waals surface area contributed by atoms with Crippen molar-refractivity contribution in [2.45, 2.75) is 5.54 Å². The Morgan fingerprint density at radius 2 is 1.88 bits per heavy atom. The molecule has 1 N–H and O–H groups in total. The van der Waals surface area contributed by atoms with Gasteiger partial charge in [0.2, 0.25) is 5.54 Å². The van der Waals surface area contributed by atoms with E-state index in [-0.39, 0.29) is 0 Å². The van der Waals surface area contributed by atoms with Crippen LogP contribution in [0, 0.1) is 22.7 Å². The molecule has 0 aromatic carbocycles. The molecule has 0 saturated heterocycles. The summed E-state index contributed by atoms with van der Waals surface area (Å²) in [6.45, 7) is 0. The summed E-state index contributed by atoms with van der Waals surface area (Å²) in [5.74, 6) is 0. The van der Waals surface area contributed by atoms with Gasteiger partial charge in [-0.1, -0.05) is 0 Å². The summed E-state index contributed by atoms with van der Waals surface area (Å²) in [5, 5.41) is 20.7. The molecular formula is C12H8N4. The van der Waals surface area contributed by atoms with Crippen LogP contribution in [-0.4, -0.2) is 10.5 Å². The minimum absolute atomic E-state index is 0.837. The second-order valence-electron chi connectivity index (χ2n) is 3.34. The zero-order valence-electron chi connectivity index (χ0n) is 8.38. The topological polar surface area (TPSA) is 72.5 Å². The number of pyridine rings is 1. The normalized spacial score (nSPS) is 16.5. The number of hydrogen-bond acceptors (Lipinski definition) is 4. The Morgan fingerprint density at radius 3 is 2.50 bits per heavy atom. The fraction of sp³-hybridized carbons (Fsp3) is 0.0833. The molecule has 4 heteroatoms. The maximum absolute atomic E-state index is 8.98. The van der Waals surface area contributed by atoms with Crippen molar-refractivity contribution >= 4 is 5.57 Å². The van der Waals surface area contributed by atoms with E-state index in [1.165, 1.54) is 0 Å². The number of nitrogens with one attached hydrogen (secondary N) is 1. The first-order valence-corrected chi connectivity index (χ1v) is 4.70. The van der Waals surface area contributed by atoms with Crippen molar-refractivity contribution in [1.82, 2.24) is 10.3 Å². The molecule has 0 aliphatic carbocycles. The van der Waals surface area contributed by atoms with E-state index in [0.29, 0.717) is 0 Å². The molecule has 4 nitrogen and oxygen atoms in total. The van der Waals surface area contributed by atoms with Crippen LogP contribution in [-0.2, 0) is 0 Å². The molecule has 16 heavy (non-hydrogen) atoms. The standard InChI is InChI=1S/C12H8N4/c13-8-12(9-14)7-11(3-6-16-12)10-1-4-15-5-2-10/h1-7,16H. The molecule has 0 saturated carbocycles. The third-order valence-corrected chi connectivity index (χ3v) is 2.31. The summed E-state index contributed by atoms with van der Waals surface area (Å²) in [5.41, 5.74) is 0.500. The second kappa shape index (κ2) is 3.88. The lowest BCUT2D eigenvalue weighted by molar-refractivity contribution is 0.708. The van der Waals surface area contributed by atoms with E-state index in [4.69, 9.17) is 10.5 Å². The molecule has 1 aliphatic rings. The third kappa shape index (κ3) is 1.65. The summed E-state index contributed by atoms with van der Waals surface area (Å²) in [6.07, 6.45) is 8.39. The molecule has 0 atom stereocenters. The van der Waals surface area contributed by atoms with Crippen molar-refractivity contribution in [2.24, 2.45) is 0 Å². The molecule has 0 amide bonds. The Kier molecular flexibility index (Phi) is 2.41. The van der Waals surface area contributed by atoms with E-state index in [1.807, 2.05) is 30.3 Å². The van der Waals surface area contributed by atoms with E-state index in [9.17, 15) is 0 Å². The summed E-state index contributed by atoms with van der Waals surface area (Å²) < 4.78 is 0. The smallest absolute Gasteiger partial charge is 0.231 e. The minimum Gasteiger partial charge on any atom is -0.359 e. The van der Waals surface area contributed by atoms with Gasteiger partial charge in [-0.05, 0) is 41.6 Å². The lowest BCUT2D eigenvalue weighted by Crippen LogP contribution is -2.38. The number of aromatic nitrogens is 1. The first-order valence-electron chi connectivity index (χ1n) is 4.70. The highest BCUT2D eigenvalue weighted by Crippen LogP contribution is 2.22. The van der Waals surface area contributed by atoms with Gasteiger partial charge in [-0.3, -0.25) is 4.98 Å². The molecule has 2 heterocycles. The first kappa shape index (κ1) is 9.95. The van der Waals surface area contributed by atoms with Crippen LogP contribution < -0.4 is 5.32 Å². The quantitative estimate of drug-likeness (QED) is 0.756. The zero-order valence-corrected chi connectivity index (χ0v) is 8.38. The zero-order chi connectivity index (χ0) is 11.4. The largest absolute Gasteiger partial charge is 0.359 e. The van der Waals surface area contributed by atoms with E-state index in [2.05, 4.69) is 10.3 Å². The Bertz CT molecular complexity index is 514. The SMILES string of the molecule is N#CC1(C#N)C=C(c2ccncc2)C=CN1. The molecular weight excluding hydrogens is 200 g/mol.